The third-order valence-corrected chi connectivity index (χ3v) is 4.07. The first-order valence-electron chi connectivity index (χ1n) is 7.05. The van der Waals surface area contributed by atoms with E-state index in [9.17, 15) is 10.1 Å². The molecule has 1 aliphatic rings. The van der Waals surface area contributed by atoms with E-state index in [1.54, 1.807) is 13.0 Å². The van der Waals surface area contributed by atoms with Crippen molar-refractivity contribution in [1.29, 1.82) is 0 Å². The third kappa shape index (κ3) is 3.45. The van der Waals surface area contributed by atoms with Gasteiger partial charge in [0.2, 0.25) is 5.88 Å². The van der Waals surface area contributed by atoms with Gasteiger partial charge in [0.05, 0.1) is 11.5 Å². The van der Waals surface area contributed by atoms with Gasteiger partial charge in [-0.3, -0.25) is 10.1 Å². The Morgan fingerprint density at radius 1 is 1.45 bits per heavy atom. The highest BCUT2D eigenvalue weighted by Gasteiger charge is 2.24. The first-order chi connectivity index (χ1) is 9.61. The van der Waals surface area contributed by atoms with Gasteiger partial charge in [-0.1, -0.05) is 12.8 Å². The average molecular weight is 279 g/mol. The van der Waals surface area contributed by atoms with Gasteiger partial charge in [-0.25, -0.2) is 4.98 Å². The summed E-state index contributed by atoms with van der Waals surface area (Å²) in [5, 5.41) is 10.7. The van der Waals surface area contributed by atoms with Crippen LogP contribution in [0.2, 0.25) is 0 Å². The maximum Gasteiger partial charge on any atom is 0.290 e. The number of pyridine rings is 1. The Bertz CT molecular complexity index is 479. The van der Waals surface area contributed by atoms with Gasteiger partial charge in [-0.15, -0.1) is 0 Å². The van der Waals surface area contributed by atoms with Crippen molar-refractivity contribution in [2.75, 3.05) is 13.2 Å². The standard InChI is InChI=1S/C14H21N3O3/c1-10-6-14(16-8-13(10)17(18)19)20-9-12-5-3-2-4-11(12)7-15/h6,8,11-12H,2-5,7,9,15H2,1H3. The summed E-state index contributed by atoms with van der Waals surface area (Å²) in [6, 6.07) is 1.62. The summed E-state index contributed by atoms with van der Waals surface area (Å²) >= 11 is 0. The summed E-state index contributed by atoms with van der Waals surface area (Å²) in [7, 11) is 0. The van der Waals surface area contributed by atoms with Crippen LogP contribution in [0, 0.1) is 28.9 Å². The molecule has 1 fully saturated rings. The number of aromatic nitrogens is 1. The highest BCUT2D eigenvalue weighted by molar-refractivity contribution is 5.39. The third-order valence-electron chi connectivity index (χ3n) is 4.07. The predicted octanol–water partition coefficient (Wildman–Crippen LogP) is 2.44. The number of hydrogen-bond acceptors (Lipinski definition) is 5. The molecule has 1 aromatic heterocycles. The van der Waals surface area contributed by atoms with Crippen molar-refractivity contribution in [2.24, 2.45) is 17.6 Å². The summed E-state index contributed by atoms with van der Waals surface area (Å²) in [5.74, 6) is 1.43. The van der Waals surface area contributed by atoms with Gasteiger partial charge in [0.25, 0.3) is 5.69 Å². The Morgan fingerprint density at radius 2 is 2.15 bits per heavy atom. The van der Waals surface area contributed by atoms with Gasteiger partial charge in [0, 0.05) is 11.6 Å². The van der Waals surface area contributed by atoms with Gasteiger partial charge < -0.3 is 10.5 Å². The normalized spacial score (nSPS) is 22.5. The van der Waals surface area contributed by atoms with E-state index in [0.717, 1.165) is 12.8 Å². The van der Waals surface area contributed by atoms with Crippen LogP contribution in [0.1, 0.15) is 31.2 Å². The summed E-state index contributed by atoms with van der Waals surface area (Å²) in [4.78, 5) is 14.3. The van der Waals surface area contributed by atoms with Crippen LogP contribution in [-0.4, -0.2) is 23.1 Å². The topological polar surface area (TPSA) is 91.3 Å². The molecule has 2 unspecified atom stereocenters. The molecule has 6 nitrogen and oxygen atoms in total. The number of nitro groups is 1. The first kappa shape index (κ1) is 14.7. The van der Waals surface area contributed by atoms with Crippen LogP contribution < -0.4 is 10.5 Å². The monoisotopic (exact) mass is 279 g/mol. The van der Waals surface area contributed by atoms with E-state index in [1.165, 1.54) is 19.0 Å². The van der Waals surface area contributed by atoms with Crippen molar-refractivity contribution in [2.45, 2.75) is 32.6 Å². The molecular formula is C14H21N3O3. The van der Waals surface area contributed by atoms with Crippen LogP contribution in [0.5, 0.6) is 5.88 Å². The molecule has 2 N–H and O–H groups in total. The van der Waals surface area contributed by atoms with Crippen LogP contribution >= 0.6 is 0 Å². The molecule has 6 heteroatoms. The largest absolute Gasteiger partial charge is 0.477 e. The summed E-state index contributed by atoms with van der Waals surface area (Å²) < 4.78 is 5.70. The van der Waals surface area contributed by atoms with E-state index < -0.39 is 4.92 Å². The average Bonchev–Trinajstić information content (AvgIpc) is 2.45. The first-order valence-corrected chi connectivity index (χ1v) is 7.05. The minimum Gasteiger partial charge on any atom is -0.477 e. The number of ether oxygens (including phenoxy) is 1. The second-order valence-electron chi connectivity index (χ2n) is 5.42. The molecule has 0 aliphatic heterocycles. The van der Waals surface area contributed by atoms with Gasteiger partial charge in [0.1, 0.15) is 6.20 Å². The van der Waals surface area contributed by atoms with Crippen molar-refractivity contribution < 1.29 is 9.66 Å². The zero-order valence-electron chi connectivity index (χ0n) is 11.7. The predicted molar refractivity (Wildman–Crippen MR) is 75.6 cm³/mol. The second kappa shape index (κ2) is 6.65. The molecule has 2 atom stereocenters. The lowest BCUT2D eigenvalue weighted by molar-refractivity contribution is -0.385. The maximum atomic E-state index is 10.7. The van der Waals surface area contributed by atoms with E-state index in [1.807, 2.05) is 0 Å². The van der Waals surface area contributed by atoms with Gasteiger partial charge in [-0.05, 0) is 38.1 Å². The van der Waals surface area contributed by atoms with Crippen molar-refractivity contribution in [3.8, 4) is 5.88 Å². The zero-order chi connectivity index (χ0) is 14.5. The Labute approximate surface area is 118 Å². The number of rotatable bonds is 5. The Kier molecular flexibility index (Phi) is 4.89. The Balaban J connectivity index is 1.96. The lowest BCUT2D eigenvalue weighted by Gasteiger charge is -2.30. The van der Waals surface area contributed by atoms with Crippen molar-refractivity contribution in [1.82, 2.24) is 4.98 Å². The van der Waals surface area contributed by atoms with Crippen LogP contribution in [0.15, 0.2) is 12.3 Å². The molecule has 0 aromatic carbocycles. The molecule has 0 amide bonds. The van der Waals surface area contributed by atoms with E-state index in [4.69, 9.17) is 10.5 Å². The van der Waals surface area contributed by atoms with E-state index in [-0.39, 0.29) is 5.69 Å². The molecule has 20 heavy (non-hydrogen) atoms. The van der Waals surface area contributed by atoms with Crippen molar-refractivity contribution in [3.63, 3.8) is 0 Å². The fourth-order valence-corrected chi connectivity index (χ4v) is 2.80. The van der Waals surface area contributed by atoms with Gasteiger partial charge in [-0.2, -0.15) is 0 Å². The molecule has 0 spiro atoms. The van der Waals surface area contributed by atoms with E-state index in [0.29, 0.717) is 36.4 Å². The smallest absolute Gasteiger partial charge is 0.290 e. The molecule has 0 saturated heterocycles. The highest BCUT2D eigenvalue weighted by atomic mass is 16.6. The SMILES string of the molecule is Cc1cc(OCC2CCCCC2CN)ncc1[N+](=O)[O-]. The second-order valence-corrected chi connectivity index (χ2v) is 5.42. The molecule has 2 rings (SSSR count). The number of hydrogen-bond donors (Lipinski definition) is 1. The maximum absolute atomic E-state index is 10.7. The lowest BCUT2D eigenvalue weighted by Crippen LogP contribution is -2.30. The van der Waals surface area contributed by atoms with Crippen LogP contribution in [0.3, 0.4) is 0 Å². The summed E-state index contributed by atoms with van der Waals surface area (Å²) in [6.45, 7) is 2.98. The Hall–Kier alpha value is -1.69. The van der Waals surface area contributed by atoms with Gasteiger partial charge in [0.15, 0.2) is 0 Å². The van der Waals surface area contributed by atoms with Gasteiger partial charge >= 0.3 is 0 Å². The molecular weight excluding hydrogens is 258 g/mol. The molecule has 0 bridgehead atoms. The molecule has 1 aromatic rings. The van der Waals surface area contributed by atoms with Crippen LogP contribution in [0.25, 0.3) is 0 Å². The quantitative estimate of drug-likeness (QED) is 0.660. The van der Waals surface area contributed by atoms with Crippen LogP contribution in [0.4, 0.5) is 5.69 Å². The van der Waals surface area contributed by atoms with Crippen molar-refractivity contribution >= 4 is 5.69 Å². The number of aryl methyl sites for hydroxylation is 1. The van der Waals surface area contributed by atoms with E-state index >= 15 is 0 Å². The number of nitrogens with zero attached hydrogens (tertiary/aromatic N) is 2. The van der Waals surface area contributed by atoms with Crippen LogP contribution in [-0.2, 0) is 0 Å². The van der Waals surface area contributed by atoms with Crippen molar-refractivity contribution in [3.05, 3.63) is 27.9 Å². The fraction of sp³-hybridized carbons (Fsp3) is 0.643. The molecule has 1 saturated carbocycles. The molecule has 1 aliphatic carbocycles. The van der Waals surface area contributed by atoms with E-state index in [2.05, 4.69) is 4.98 Å². The number of nitrogens with two attached hydrogens (primary N) is 1. The highest BCUT2D eigenvalue weighted by Crippen LogP contribution is 2.30. The Morgan fingerprint density at radius 3 is 2.75 bits per heavy atom. The molecule has 110 valence electrons. The molecule has 0 radical (unpaired) electrons. The molecule has 1 heterocycles. The fourth-order valence-electron chi connectivity index (χ4n) is 2.80. The lowest BCUT2D eigenvalue weighted by atomic mass is 9.80. The minimum absolute atomic E-state index is 0.0230. The summed E-state index contributed by atoms with van der Waals surface area (Å²) in [6.07, 6.45) is 6.02. The minimum atomic E-state index is -0.433. The summed E-state index contributed by atoms with van der Waals surface area (Å²) in [5.41, 5.74) is 6.39. The zero-order valence-corrected chi connectivity index (χ0v) is 11.7.